The number of thioether (sulfide) groups is 1. The maximum Gasteiger partial charge on any atom is 0.239 e. The normalized spacial score (nSPS) is 20.0. The quantitative estimate of drug-likeness (QED) is 0.690. The minimum absolute atomic E-state index is 0.0631. The number of carbonyl (C=O) groups is 1. The molecule has 1 fully saturated rings. The number of amides is 1. The fraction of sp³-hybridized carbons (Fsp3) is 0.133. The first-order chi connectivity index (χ1) is 10.7. The summed E-state index contributed by atoms with van der Waals surface area (Å²) in [5, 5.41) is 11.6. The molecule has 0 spiro atoms. The molecule has 1 saturated heterocycles. The second-order valence-corrected chi connectivity index (χ2v) is 6.22. The van der Waals surface area contributed by atoms with Gasteiger partial charge in [-0.15, -0.1) is 5.10 Å². The van der Waals surface area contributed by atoms with Crippen molar-refractivity contribution in [2.24, 2.45) is 10.2 Å². The molecule has 1 atom stereocenters. The number of hydrogen-bond donors (Lipinski definition) is 1. The minimum Gasteiger partial charge on any atom is -0.463 e. The molecule has 5 nitrogen and oxygen atoms in total. The van der Waals surface area contributed by atoms with Crippen LogP contribution in [0.1, 0.15) is 11.3 Å². The van der Waals surface area contributed by atoms with Crippen LogP contribution < -0.4 is 5.32 Å². The molecule has 1 aromatic heterocycles. The molecule has 112 valence electrons. The molecule has 2 aromatic rings. The van der Waals surface area contributed by atoms with Crippen LogP contribution in [0, 0.1) is 0 Å². The van der Waals surface area contributed by atoms with E-state index >= 15 is 0 Å². The highest BCUT2D eigenvalue weighted by atomic mass is 35.5. The van der Waals surface area contributed by atoms with Crippen molar-refractivity contribution in [3.8, 4) is 0 Å². The molecule has 2 heterocycles. The van der Waals surface area contributed by atoms with Gasteiger partial charge in [-0.3, -0.25) is 4.79 Å². The van der Waals surface area contributed by atoms with E-state index in [2.05, 4.69) is 15.5 Å². The van der Waals surface area contributed by atoms with Gasteiger partial charge in [-0.1, -0.05) is 35.5 Å². The lowest BCUT2D eigenvalue weighted by Crippen LogP contribution is -2.25. The van der Waals surface area contributed by atoms with Crippen molar-refractivity contribution in [1.82, 2.24) is 5.32 Å². The predicted octanol–water partition coefficient (Wildman–Crippen LogP) is 3.10. The monoisotopic (exact) mass is 333 g/mol. The summed E-state index contributed by atoms with van der Waals surface area (Å²) in [7, 11) is 0. The summed E-state index contributed by atoms with van der Waals surface area (Å²) in [4.78, 5) is 11.9. The number of halogens is 1. The van der Waals surface area contributed by atoms with Gasteiger partial charge in [0.15, 0.2) is 5.17 Å². The Balaban J connectivity index is 1.61. The second kappa shape index (κ2) is 6.81. The highest BCUT2D eigenvalue weighted by Gasteiger charge is 2.30. The van der Waals surface area contributed by atoms with Gasteiger partial charge in [-0.05, 0) is 36.2 Å². The summed E-state index contributed by atoms with van der Waals surface area (Å²) in [6.07, 6.45) is 3.67. The minimum atomic E-state index is -0.210. The fourth-order valence-electron chi connectivity index (χ4n) is 1.92. The van der Waals surface area contributed by atoms with E-state index in [1.54, 1.807) is 18.4 Å². The maximum atomic E-state index is 11.9. The van der Waals surface area contributed by atoms with Crippen molar-refractivity contribution in [1.29, 1.82) is 0 Å². The summed E-state index contributed by atoms with van der Waals surface area (Å²) in [5.74, 6) is 0.545. The summed E-state index contributed by atoms with van der Waals surface area (Å²) >= 11 is 7.22. The van der Waals surface area contributed by atoms with E-state index in [4.69, 9.17) is 16.0 Å². The molecular weight excluding hydrogens is 322 g/mol. The highest BCUT2D eigenvalue weighted by molar-refractivity contribution is 8.15. The van der Waals surface area contributed by atoms with Gasteiger partial charge < -0.3 is 9.73 Å². The Morgan fingerprint density at radius 2 is 2.14 bits per heavy atom. The number of nitrogens with zero attached hydrogens (tertiary/aromatic N) is 2. The second-order valence-electron chi connectivity index (χ2n) is 4.59. The van der Waals surface area contributed by atoms with E-state index in [9.17, 15) is 4.79 Å². The van der Waals surface area contributed by atoms with E-state index in [0.29, 0.717) is 22.4 Å². The van der Waals surface area contributed by atoms with Crippen LogP contribution in [-0.4, -0.2) is 22.5 Å². The zero-order chi connectivity index (χ0) is 15.4. The van der Waals surface area contributed by atoms with Gasteiger partial charge in [0.25, 0.3) is 0 Å². The van der Waals surface area contributed by atoms with E-state index in [1.807, 2.05) is 24.3 Å². The Labute approximate surface area is 136 Å². The van der Waals surface area contributed by atoms with E-state index in [-0.39, 0.29) is 11.2 Å². The number of amidine groups is 1. The van der Waals surface area contributed by atoms with Gasteiger partial charge in [0.2, 0.25) is 5.91 Å². The SMILES string of the molecule is O=C1N/C(=N\N=C\c2ccco2)SC1Cc1ccc(Cl)cc1. The van der Waals surface area contributed by atoms with Crippen LogP contribution in [0.5, 0.6) is 0 Å². The molecule has 1 aliphatic rings. The van der Waals surface area contributed by atoms with Crippen LogP contribution in [0.4, 0.5) is 0 Å². The van der Waals surface area contributed by atoms with Crippen molar-refractivity contribution < 1.29 is 9.21 Å². The van der Waals surface area contributed by atoms with Gasteiger partial charge in [-0.25, -0.2) is 0 Å². The lowest BCUT2D eigenvalue weighted by atomic mass is 10.1. The zero-order valence-corrected chi connectivity index (χ0v) is 13.0. The molecule has 7 heteroatoms. The first kappa shape index (κ1) is 14.9. The Kier molecular flexibility index (Phi) is 4.60. The smallest absolute Gasteiger partial charge is 0.239 e. The molecular formula is C15H12ClN3O2S. The van der Waals surface area contributed by atoms with Gasteiger partial charge in [0.05, 0.1) is 17.7 Å². The van der Waals surface area contributed by atoms with Crippen molar-refractivity contribution in [2.45, 2.75) is 11.7 Å². The summed E-state index contributed by atoms with van der Waals surface area (Å²) in [5.41, 5.74) is 1.05. The molecule has 3 rings (SSSR count). The van der Waals surface area contributed by atoms with Crippen LogP contribution >= 0.6 is 23.4 Å². The average molecular weight is 334 g/mol. The Morgan fingerprint density at radius 1 is 1.32 bits per heavy atom. The lowest BCUT2D eigenvalue weighted by molar-refractivity contribution is -0.118. The van der Waals surface area contributed by atoms with Crippen molar-refractivity contribution in [3.63, 3.8) is 0 Å². The molecule has 0 radical (unpaired) electrons. The van der Waals surface area contributed by atoms with Crippen molar-refractivity contribution in [2.75, 3.05) is 0 Å². The summed E-state index contributed by atoms with van der Waals surface area (Å²) < 4.78 is 5.11. The van der Waals surface area contributed by atoms with Crippen molar-refractivity contribution >= 4 is 40.7 Å². The molecule has 0 saturated carbocycles. The standard InChI is InChI=1S/C15H12ClN3O2S/c16-11-5-3-10(4-6-11)8-13-14(20)18-15(22-13)19-17-9-12-2-1-7-21-12/h1-7,9,13H,8H2,(H,18,19,20)/b17-9+. The number of nitrogens with one attached hydrogen (secondary N) is 1. The largest absolute Gasteiger partial charge is 0.463 e. The van der Waals surface area contributed by atoms with Gasteiger partial charge >= 0.3 is 0 Å². The number of rotatable bonds is 4. The molecule has 0 aliphatic carbocycles. The van der Waals surface area contributed by atoms with Crippen molar-refractivity contribution in [3.05, 3.63) is 59.0 Å². The Bertz CT molecular complexity index is 711. The van der Waals surface area contributed by atoms with Gasteiger partial charge in [0, 0.05) is 5.02 Å². The summed E-state index contributed by atoms with van der Waals surface area (Å²) in [6.45, 7) is 0. The molecule has 1 aromatic carbocycles. The first-order valence-electron chi connectivity index (χ1n) is 6.57. The maximum absolute atomic E-state index is 11.9. The third-order valence-electron chi connectivity index (χ3n) is 2.99. The lowest BCUT2D eigenvalue weighted by Gasteiger charge is -2.05. The Morgan fingerprint density at radius 3 is 2.86 bits per heavy atom. The number of furan rings is 1. The number of benzene rings is 1. The number of carbonyl (C=O) groups excluding carboxylic acids is 1. The topological polar surface area (TPSA) is 67.0 Å². The van der Waals surface area contributed by atoms with Crippen LogP contribution in [-0.2, 0) is 11.2 Å². The van der Waals surface area contributed by atoms with Gasteiger partial charge in [0.1, 0.15) is 5.76 Å². The highest BCUT2D eigenvalue weighted by Crippen LogP contribution is 2.24. The van der Waals surface area contributed by atoms with Gasteiger partial charge in [-0.2, -0.15) is 5.10 Å². The third-order valence-corrected chi connectivity index (χ3v) is 4.31. The molecule has 1 aliphatic heterocycles. The van der Waals surface area contributed by atoms with Crippen LogP contribution in [0.3, 0.4) is 0 Å². The molecule has 1 unspecified atom stereocenters. The van der Waals surface area contributed by atoms with Crippen LogP contribution in [0.15, 0.2) is 57.3 Å². The summed E-state index contributed by atoms with van der Waals surface area (Å²) in [6, 6.07) is 11.0. The molecule has 1 amide bonds. The van der Waals surface area contributed by atoms with Crippen LogP contribution in [0.2, 0.25) is 5.02 Å². The fourth-order valence-corrected chi connectivity index (χ4v) is 3.02. The third kappa shape index (κ3) is 3.78. The van der Waals surface area contributed by atoms with E-state index in [1.165, 1.54) is 18.0 Å². The number of hydrogen-bond acceptors (Lipinski definition) is 5. The van der Waals surface area contributed by atoms with E-state index < -0.39 is 0 Å². The van der Waals surface area contributed by atoms with E-state index in [0.717, 1.165) is 5.56 Å². The molecule has 0 bridgehead atoms. The zero-order valence-electron chi connectivity index (χ0n) is 11.4. The molecule has 22 heavy (non-hydrogen) atoms. The predicted molar refractivity (Wildman–Crippen MR) is 88.4 cm³/mol. The first-order valence-corrected chi connectivity index (χ1v) is 7.83. The Hall–Kier alpha value is -2.05. The van der Waals surface area contributed by atoms with Crippen LogP contribution in [0.25, 0.3) is 0 Å². The average Bonchev–Trinajstić information content (AvgIpc) is 3.12. The molecule has 1 N–H and O–H groups in total.